The number of para-hydroxylation sites is 1. The van der Waals surface area contributed by atoms with E-state index < -0.39 is 45.8 Å². The summed E-state index contributed by atoms with van der Waals surface area (Å²) in [6.45, 7) is -0.598. The first kappa shape index (κ1) is 20.0. The number of hydrogen-bond donors (Lipinski definition) is 2. The Morgan fingerprint density at radius 3 is 2.69 bits per heavy atom. The maximum Gasteiger partial charge on any atom is 0.311 e. The van der Waals surface area contributed by atoms with Gasteiger partial charge in [0.1, 0.15) is 12.4 Å². The van der Waals surface area contributed by atoms with Crippen molar-refractivity contribution in [3.8, 4) is 5.75 Å². The van der Waals surface area contributed by atoms with Crippen molar-refractivity contribution in [1.29, 1.82) is 0 Å². The van der Waals surface area contributed by atoms with Gasteiger partial charge in [-0.2, -0.15) is 0 Å². The van der Waals surface area contributed by atoms with Crippen molar-refractivity contribution in [2.24, 2.45) is 0 Å². The first-order chi connectivity index (χ1) is 13.8. The summed E-state index contributed by atoms with van der Waals surface area (Å²) in [5.41, 5.74) is -0.402. The van der Waals surface area contributed by atoms with Crippen LogP contribution in [0.3, 0.4) is 0 Å². The third-order valence-corrected chi connectivity index (χ3v) is 4.72. The maximum atomic E-state index is 13.2. The fourth-order valence-electron chi connectivity index (χ4n) is 2.50. The summed E-state index contributed by atoms with van der Waals surface area (Å²) >= 11 is 0.528. The molecule has 2 N–H and O–H groups in total. The highest BCUT2D eigenvalue weighted by Gasteiger charge is 2.36. The molecule has 1 aliphatic heterocycles. The van der Waals surface area contributed by atoms with Gasteiger partial charge in [0.15, 0.2) is 0 Å². The van der Waals surface area contributed by atoms with E-state index in [9.17, 15) is 34.0 Å². The molecule has 2 aromatic carbocycles. The summed E-state index contributed by atoms with van der Waals surface area (Å²) in [7, 11) is 0. The van der Waals surface area contributed by atoms with E-state index >= 15 is 0 Å². The lowest BCUT2D eigenvalue weighted by Gasteiger charge is -2.12. The maximum absolute atomic E-state index is 13.2. The summed E-state index contributed by atoms with van der Waals surface area (Å²) in [5, 5.41) is 22.5. The molecule has 148 valence electrons. The molecule has 0 bridgehead atoms. The second kappa shape index (κ2) is 8.10. The average molecular weight is 417 g/mol. The number of rotatable bonds is 5. The van der Waals surface area contributed by atoms with Gasteiger partial charge in [0.25, 0.3) is 11.1 Å². The van der Waals surface area contributed by atoms with Crippen LogP contribution in [0.5, 0.6) is 5.75 Å². The lowest BCUT2D eigenvalue weighted by Crippen LogP contribution is -2.36. The number of anilines is 1. The third-order valence-electron chi connectivity index (χ3n) is 3.81. The number of thioether (sulfide) groups is 1. The van der Waals surface area contributed by atoms with E-state index in [0.717, 1.165) is 18.2 Å². The number of benzene rings is 2. The Hall–Kier alpha value is -3.73. The Balaban J connectivity index is 1.76. The fraction of sp³-hybridized carbons (Fsp3) is 0.0556. The van der Waals surface area contributed by atoms with Gasteiger partial charge in [0, 0.05) is 17.3 Å². The number of carbonyl (C=O) groups excluding carboxylic acids is 3. The number of nitro benzene ring substituents is 1. The molecule has 2 aromatic rings. The monoisotopic (exact) mass is 417 g/mol. The second-order valence-electron chi connectivity index (χ2n) is 5.80. The predicted octanol–water partition coefficient (Wildman–Crippen LogP) is 3.11. The Labute approximate surface area is 167 Å². The average Bonchev–Trinajstić information content (AvgIpc) is 2.90. The van der Waals surface area contributed by atoms with Gasteiger partial charge in [0.2, 0.25) is 11.7 Å². The Bertz CT molecular complexity index is 1070. The van der Waals surface area contributed by atoms with Crippen LogP contribution in [-0.4, -0.2) is 38.5 Å². The van der Waals surface area contributed by atoms with Crippen molar-refractivity contribution < 1.29 is 28.8 Å². The number of hydrogen-bond acceptors (Lipinski definition) is 7. The van der Waals surface area contributed by atoms with Gasteiger partial charge in [-0.15, -0.1) is 0 Å². The first-order valence-corrected chi connectivity index (χ1v) is 8.85. The zero-order valence-electron chi connectivity index (χ0n) is 14.5. The molecular weight excluding hydrogens is 405 g/mol. The molecule has 1 fully saturated rings. The molecule has 0 saturated carbocycles. The second-order valence-corrected chi connectivity index (χ2v) is 6.79. The van der Waals surface area contributed by atoms with E-state index in [-0.39, 0.29) is 16.2 Å². The number of amides is 3. The van der Waals surface area contributed by atoms with Crippen molar-refractivity contribution >= 4 is 46.3 Å². The summed E-state index contributed by atoms with van der Waals surface area (Å²) in [6.07, 6.45) is 1.14. The highest BCUT2D eigenvalue weighted by atomic mass is 32.2. The molecule has 3 rings (SSSR count). The van der Waals surface area contributed by atoms with E-state index in [1.165, 1.54) is 30.3 Å². The van der Waals surface area contributed by atoms with Crippen LogP contribution in [-0.2, 0) is 9.59 Å². The minimum absolute atomic E-state index is 0.0195. The molecule has 11 heteroatoms. The zero-order valence-corrected chi connectivity index (χ0v) is 15.3. The highest BCUT2D eigenvalue weighted by Crippen LogP contribution is 2.36. The number of halogens is 1. The third kappa shape index (κ3) is 4.41. The fourth-order valence-corrected chi connectivity index (χ4v) is 3.33. The number of phenolic OH excluding ortho intramolecular Hbond substituents is 1. The molecule has 1 saturated heterocycles. The molecule has 29 heavy (non-hydrogen) atoms. The van der Waals surface area contributed by atoms with Crippen LogP contribution >= 0.6 is 11.8 Å². The minimum atomic E-state index is -0.791. The van der Waals surface area contributed by atoms with Crippen molar-refractivity contribution in [2.75, 3.05) is 11.9 Å². The first-order valence-electron chi connectivity index (χ1n) is 8.03. The quantitative estimate of drug-likeness (QED) is 0.434. The van der Waals surface area contributed by atoms with Crippen molar-refractivity contribution in [1.82, 2.24) is 4.90 Å². The van der Waals surface area contributed by atoms with Crippen molar-refractivity contribution in [2.45, 2.75) is 0 Å². The van der Waals surface area contributed by atoms with Crippen molar-refractivity contribution in [3.05, 3.63) is 68.9 Å². The molecule has 0 atom stereocenters. The number of phenols is 1. The molecule has 3 amide bonds. The standard InChI is InChI=1S/C18H12FN3O6S/c19-11-4-2-5-12(8-11)20-15(23)9-21-17(25)14(29-18(21)26)7-10-3-1-6-13(16(10)24)22(27)28/h1-8,24H,9H2,(H,20,23)/b14-7+. The SMILES string of the molecule is O=C(CN1C(=O)S/C(=C/c2cccc([N+](=O)[O-])c2O)C1=O)Nc1cccc(F)c1. The van der Waals surface area contributed by atoms with E-state index in [2.05, 4.69) is 5.32 Å². The number of aromatic hydroxyl groups is 1. The molecule has 0 spiro atoms. The molecule has 0 aliphatic carbocycles. The van der Waals surface area contributed by atoms with Gasteiger partial charge in [-0.3, -0.25) is 29.4 Å². The van der Waals surface area contributed by atoms with Crippen LogP contribution in [0.1, 0.15) is 5.56 Å². The van der Waals surface area contributed by atoms with Crippen LogP contribution in [0.25, 0.3) is 6.08 Å². The Morgan fingerprint density at radius 2 is 2.00 bits per heavy atom. The highest BCUT2D eigenvalue weighted by molar-refractivity contribution is 8.18. The molecule has 1 heterocycles. The van der Waals surface area contributed by atoms with Crippen LogP contribution < -0.4 is 5.32 Å². The Kier molecular flexibility index (Phi) is 5.59. The van der Waals surface area contributed by atoms with E-state index in [4.69, 9.17) is 0 Å². The zero-order chi connectivity index (χ0) is 21.1. The predicted molar refractivity (Wildman–Crippen MR) is 102 cm³/mol. The molecule has 9 nitrogen and oxygen atoms in total. The molecule has 0 radical (unpaired) electrons. The van der Waals surface area contributed by atoms with Crippen LogP contribution in [0, 0.1) is 15.9 Å². The van der Waals surface area contributed by atoms with Crippen molar-refractivity contribution in [3.63, 3.8) is 0 Å². The lowest BCUT2D eigenvalue weighted by atomic mass is 10.1. The van der Waals surface area contributed by atoms with Gasteiger partial charge >= 0.3 is 5.69 Å². The Morgan fingerprint density at radius 1 is 1.28 bits per heavy atom. The molecule has 0 unspecified atom stereocenters. The lowest BCUT2D eigenvalue weighted by molar-refractivity contribution is -0.385. The molecular formula is C18H12FN3O6S. The summed E-state index contributed by atoms with van der Waals surface area (Å²) < 4.78 is 13.2. The summed E-state index contributed by atoms with van der Waals surface area (Å²) in [4.78, 5) is 47.3. The van der Waals surface area contributed by atoms with E-state index in [1.807, 2.05) is 0 Å². The minimum Gasteiger partial charge on any atom is -0.502 e. The summed E-state index contributed by atoms with van der Waals surface area (Å²) in [6, 6.07) is 8.86. The number of nitrogens with zero attached hydrogens (tertiary/aromatic N) is 2. The molecule has 1 aliphatic rings. The largest absolute Gasteiger partial charge is 0.502 e. The van der Waals surface area contributed by atoms with Crippen LogP contribution in [0.4, 0.5) is 20.6 Å². The van der Waals surface area contributed by atoms with Crippen LogP contribution in [0.15, 0.2) is 47.4 Å². The number of nitro groups is 1. The van der Waals surface area contributed by atoms with Gasteiger partial charge in [-0.25, -0.2) is 4.39 Å². The number of carbonyl (C=O) groups is 3. The molecule has 0 aromatic heterocycles. The smallest absolute Gasteiger partial charge is 0.311 e. The van der Waals surface area contributed by atoms with Gasteiger partial charge in [0.05, 0.1) is 9.83 Å². The topological polar surface area (TPSA) is 130 Å². The normalized spacial score (nSPS) is 15.1. The van der Waals surface area contributed by atoms with Gasteiger partial charge < -0.3 is 10.4 Å². The van der Waals surface area contributed by atoms with Gasteiger partial charge in [-0.1, -0.05) is 18.2 Å². The summed E-state index contributed by atoms with van der Waals surface area (Å²) in [5.74, 6) is -2.71. The van der Waals surface area contributed by atoms with E-state index in [1.54, 1.807) is 0 Å². The van der Waals surface area contributed by atoms with E-state index in [0.29, 0.717) is 16.7 Å². The van der Waals surface area contributed by atoms with Crippen LogP contribution in [0.2, 0.25) is 0 Å². The number of imide groups is 1. The number of nitrogens with one attached hydrogen (secondary N) is 1. The van der Waals surface area contributed by atoms with Gasteiger partial charge in [-0.05, 0) is 36.0 Å².